The summed E-state index contributed by atoms with van der Waals surface area (Å²) in [5.41, 5.74) is 3.89. The van der Waals surface area contributed by atoms with Gasteiger partial charge < -0.3 is 9.74 Å². The first-order valence-corrected chi connectivity index (χ1v) is 11.7. The second-order valence-electron chi connectivity index (χ2n) is 8.06. The van der Waals surface area contributed by atoms with E-state index >= 15 is 0 Å². The maximum absolute atomic E-state index is 12.9. The summed E-state index contributed by atoms with van der Waals surface area (Å²) in [4.78, 5) is 12.9. The third-order valence-electron chi connectivity index (χ3n) is 4.62. The summed E-state index contributed by atoms with van der Waals surface area (Å²) in [5.74, 6) is -0.0277. The molecule has 1 unspecified atom stereocenters. The summed E-state index contributed by atoms with van der Waals surface area (Å²) >= 11 is 0. The number of fused-ring (bicyclic) bond motifs is 3. The average Bonchev–Trinajstić information content (AvgIpc) is 2.68. The molecule has 1 aliphatic rings. The van der Waals surface area contributed by atoms with Crippen molar-refractivity contribution in [2.75, 3.05) is 0 Å². The summed E-state index contributed by atoms with van der Waals surface area (Å²) in [5, 5.41) is 3.26. The van der Waals surface area contributed by atoms with E-state index in [-0.39, 0.29) is 23.5 Å². The highest BCUT2D eigenvalue weighted by atomic mass is 28.3. The van der Waals surface area contributed by atoms with Crippen molar-refractivity contribution in [3.05, 3.63) is 59.7 Å². The van der Waals surface area contributed by atoms with Crippen molar-refractivity contribution in [1.82, 2.24) is 5.32 Å². The molecule has 3 rings (SSSR count). The van der Waals surface area contributed by atoms with Crippen molar-refractivity contribution >= 4 is 14.9 Å². The van der Waals surface area contributed by atoms with Crippen LogP contribution in [0.3, 0.4) is 0 Å². The van der Waals surface area contributed by atoms with Crippen molar-refractivity contribution < 1.29 is 9.22 Å². The maximum atomic E-state index is 12.9. The number of carbonyl (C=O) groups excluding carboxylic acids is 1. The Morgan fingerprint density at radius 1 is 0.960 bits per heavy atom. The van der Waals surface area contributed by atoms with Gasteiger partial charge in [-0.05, 0) is 41.3 Å². The predicted octanol–water partition coefficient (Wildman–Crippen LogP) is 4.55. The third kappa shape index (κ3) is 3.55. The van der Waals surface area contributed by atoms with Gasteiger partial charge in [0.1, 0.15) is 0 Å². The van der Waals surface area contributed by atoms with Crippen molar-refractivity contribution in [1.29, 1.82) is 0 Å². The Labute approximate surface area is 152 Å². The average molecular weight is 354 g/mol. The number of benzene rings is 2. The van der Waals surface area contributed by atoms with Crippen molar-refractivity contribution in [3.8, 4) is 11.1 Å². The molecule has 1 aliphatic heterocycles. The van der Waals surface area contributed by atoms with Crippen LogP contribution in [0.4, 0.5) is 0 Å². The quantitative estimate of drug-likeness (QED) is 0.822. The maximum Gasteiger partial charge on any atom is 0.252 e. The van der Waals surface area contributed by atoms with Crippen LogP contribution in [0.25, 0.3) is 11.1 Å². The van der Waals surface area contributed by atoms with Crippen LogP contribution in [0.5, 0.6) is 0 Å². The molecule has 3 nitrogen and oxygen atoms in total. The number of carbonyl (C=O) groups is 1. The van der Waals surface area contributed by atoms with Gasteiger partial charge in [0.25, 0.3) is 5.91 Å². The number of hydrogen-bond acceptors (Lipinski definition) is 2. The molecule has 0 fully saturated rings. The van der Waals surface area contributed by atoms with Crippen LogP contribution in [0.2, 0.25) is 13.1 Å². The summed E-state index contributed by atoms with van der Waals surface area (Å²) < 4.78 is 6.44. The highest BCUT2D eigenvalue weighted by Gasteiger charge is 2.38. The zero-order valence-corrected chi connectivity index (χ0v) is 16.8. The van der Waals surface area contributed by atoms with Gasteiger partial charge in [-0.2, -0.15) is 0 Å². The van der Waals surface area contributed by atoms with Crippen molar-refractivity contribution in [2.45, 2.75) is 46.0 Å². The monoisotopic (exact) mass is 353 g/mol. The number of hydrogen-bond donors (Lipinski definition) is 1. The molecule has 25 heavy (non-hydrogen) atoms. The van der Waals surface area contributed by atoms with Gasteiger partial charge in [-0.3, -0.25) is 4.79 Å². The van der Waals surface area contributed by atoms with Gasteiger partial charge in [0.15, 0.2) is 9.04 Å². The van der Waals surface area contributed by atoms with E-state index in [1.165, 1.54) is 0 Å². The van der Waals surface area contributed by atoms with Gasteiger partial charge in [0.2, 0.25) is 0 Å². The molecule has 0 bridgehead atoms. The molecule has 132 valence electrons. The number of rotatable bonds is 3. The minimum atomic E-state index is -1.27. The Kier molecular flexibility index (Phi) is 4.85. The summed E-state index contributed by atoms with van der Waals surface area (Å²) in [6, 6.07) is 16.0. The smallest absolute Gasteiger partial charge is 0.252 e. The molecule has 2 aromatic carbocycles. The Balaban J connectivity index is 2.18. The van der Waals surface area contributed by atoms with E-state index in [9.17, 15) is 4.79 Å². The van der Waals surface area contributed by atoms with Gasteiger partial charge in [0.05, 0.1) is 12.1 Å². The lowest BCUT2D eigenvalue weighted by molar-refractivity contribution is 0.0464. The van der Waals surface area contributed by atoms with E-state index in [0.717, 1.165) is 22.3 Å². The lowest BCUT2D eigenvalue weighted by Crippen LogP contribution is -2.45. The molecule has 2 aromatic rings. The number of amides is 1. The van der Waals surface area contributed by atoms with Crippen LogP contribution in [-0.2, 0) is 4.43 Å². The standard InChI is InChI=1S/C21H27NO2Si/c1-21(2,3)19(24-25(4)5)18-16-12-8-6-10-14(16)15-11-7-9-13-17(15)20(23)22-18/h6-13,18-19,25H,1-5H3,(H,22,23)/t18-,19?/m1/s1. The van der Waals surface area contributed by atoms with Crippen LogP contribution in [-0.4, -0.2) is 21.1 Å². The fourth-order valence-corrected chi connectivity index (χ4v) is 4.69. The normalized spacial score (nSPS) is 18.2. The van der Waals surface area contributed by atoms with E-state index < -0.39 is 9.04 Å². The van der Waals surface area contributed by atoms with Crippen molar-refractivity contribution in [2.24, 2.45) is 5.41 Å². The molecule has 4 heteroatoms. The molecule has 1 heterocycles. The molecule has 1 N–H and O–H groups in total. The van der Waals surface area contributed by atoms with E-state index in [1.807, 2.05) is 36.4 Å². The molecule has 0 spiro atoms. The van der Waals surface area contributed by atoms with E-state index in [4.69, 9.17) is 4.43 Å². The SMILES string of the molecule is C[SiH](C)OC([C@@H]1NC(=O)c2ccccc2-c2ccccc21)C(C)(C)C. The molecule has 1 amide bonds. The molecule has 0 aliphatic carbocycles. The lowest BCUT2D eigenvalue weighted by Gasteiger charge is -2.39. The molecule has 2 atom stereocenters. The lowest BCUT2D eigenvalue weighted by atomic mass is 9.81. The van der Waals surface area contributed by atoms with E-state index in [1.54, 1.807) is 0 Å². The summed E-state index contributed by atoms with van der Waals surface area (Å²) in [7, 11) is -1.27. The Morgan fingerprint density at radius 2 is 1.52 bits per heavy atom. The van der Waals surface area contributed by atoms with Gasteiger partial charge in [-0.1, -0.05) is 63.2 Å². The van der Waals surface area contributed by atoms with Crippen LogP contribution >= 0.6 is 0 Å². The summed E-state index contributed by atoms with van der Waals surface area (Å²) in [6.07, 6.45) is -0.0708. The van der Waals surface area contributed by atoms with E-state index in [2.05, 4.69) is 51.3 Å². The molecule has 0 radical (unpaired) electrons. The molecular formula is C21H27NO2Si. The number of nitrogens with one attached hydrogen (secondary N) is 1. The zero-order chi connectivity index (χ0) is 18.2. The zero-order valence-electron chi connectivity index (χ0n) is 15.7. The first kappa shape index (κ1) is 17.9. The largest absolute Gasteiger partial charge is 0.415 e. The van der Waals surface area contributed by atoms with Crippen LogP contribution in [0.1, 0.15) is 42.7 Å². The summed E-state index contributed by atoms with van der Waals surface area (Å²) in [6.45, 7) is 10.9. The molecule has 0 saturated heterocycles. The Hall–Kier alpha value is -1.91. The van der Waals surface area contributed by atoms with E-state index in [0.29, 0.717) is 0 Å². The molecule has 0 saturated carbocycles. The van der Waals surface area contributed by atoms with Crippen LogP contribution < -0.4 is 5.32 Å². The second kappa shape index (κ2) is 6.77. The first-order valence-electron chi connectivity index (χ1n) is 8.93. The van der Waals surface area contributed by atoms with Crippen LogP contribution in [0.15, 0.2) is 48.5 Å². The molecular weight excluding hydrogens is 326 g/mol. The van der Waals surface area contributed by atoms with Gasteiger partial charge in [-0.25, -0.2) is 0 Å². The van der Waals surface area contributed by atoms with Gasteiger partial charge in [0, 0.05) is 5.56 Å². The highest BCUT2D eigenvalue weighted by molar-refractivity contribution is 6.48. The fraction of sp³-hybridized carbons (Fsp3) is 0.381. The minimum absolute atomic E-state index is 0.0277. The van der Waals surface area contributed by atoms with Gasteiger partial charge >= 0.3 is 0 Å². The fourth-order valence-electron chi connectivity index (χ4n) is 3.54. The molecule has 0 aromatic heterocycles. The van der Waals surface area contributed by atoms with Crippen LogP contribution in [0, 0.1) is 5.41 Å². The highest BCUT2D eigenvalue weighted by Crippen LogP contribution is 2.40. The minimum Gasteiger partial charge on any atom is -0.415 e. The predicted molar refractivity (Wildman–Crippen MR) is 105 cm³/mol. The topological polar surface area (TPSA) is 38.3 Å². The Bertz CT molecular complexity index is 779. The van der Waals surface area contributed by atoms with Gasteiger partial charge in [-0.15, -0.1) is 0 Å². The Morgan fingerprint density at radius 3 is 2.12 bits per heavy atom. The van der Waals surface area contributed by atoms with Crippen molar-refractivity contribution in [3.63, 3.8) is 0 Å². The second-order valence-corrected chi connectivity index (χ2v) is 10.4. The first-order chi connectivity index (χ1) is 11.8. The third-order valence-corrected chi connectivity index (χ3v) is 5.46.